The van der Waals surface area contributed by atoms with Crippen LogP contribution >= 0.6 is 0 Å². The van der Waals surface area contributed by atoms with Crippen LogP contribution in [0.4, 0.5) is 10.1 Å². The number of nitrogens with zero attached hydrogens (tertiary/aromatic N) is 2. The van der Waals surface area contributed by atoms with Crippen LogP contribution in [0.5, 0.6) is 0 Å². The van der Waals surface area contributed by atoms with Crippen LogP contribution in [0.2, 0.25) is 0 Å². The van der Waals surface area contributed by atoms with Gasteiger partial charge in [0.05, 0.1) is 22.8 Å². The second-order valence-corrected chi connectivity index (χ2v) is 13.1. The molecule has 8 nitrogen and oxygen atoms in total. The Hall–Kier alpha value is -3.00. The van der Waals surface area contributed by atoms with Gasteiger partial charge in [0.2, 0.25) is 0 Å². The highest BCUT2D eigenvalue weighted by molar-refractivity contribution is 7.90. The molecule has 1 saturated carbocycles. The Kier molecular flexibility index (Phi) is 8.64. The summed E-state index contributed by atoms with van der Waals surface area (Å²) in [7, 11) is -0.525. The van der Waals surface area contributed by atoms with Gasteiger partial charge in [-0.05, 0) is 88.7 Å². The monoisotopic (exact) mass is 556 g/mol. The molecule has 5 rings (SSSR count). The third-order valence-corrected chi connectivity index (χ3v) is 9.31. The van der Waals surface area contributed by atoms with Gasteiger partial charge in [-0.25, -0.2) is 17.5 Å². The van der Waals surface area contributed by atoms with E-state index in [4.69, 9.17) is 4.74 Å². The lowest BCUT2D eigenvalue weighted by Gasteiger charge is -2.50. The van der Waals surface area contributed by atoms with Gasteiger partial charge in [0.15, 0.2) is 0 Å². The molecule has 2 aromatic carbocycles. The third kappa shape index (κ3) is 6.78. The molecule has 0 aromatic heterocycles. The summed E-state index contributed by atoms with van der Waals surface area (Å²) >= 11 is 0. The minimum absolute atomic E-state index is 0.0139. The quantitative estimate of drug-likeness (QED) is 0.426. The number of nitriles is 1. The predicted molar refractivity (Wildman–Crippen MR) is 147 cm³/mol. The molecular formula is C29H37FN4O4S. The number of carbonyl (C=O) groups excluding carboxylic acids is 1. The first-order chi connectivity index (χ1) is 18.5. The van der Waals surface area contributed by atoms with Gasteiger partial charge in [0.25, 0.3) is 15.9 Å². The van der Waals surface area contributed by atoms with Crippen molar-refractivity contribution >= 4 is 21.6 Å². The normalized spacial score (nSPS) is 23.3. The Morgan fingerprint density at radius 1 is 1.15 bits per heavy atom. The number of aryl methyl sites for hydroxylation is 1. The van der Waals surface area contributed by atoms with Crippen LogP contribution in [0.15, 0.2) is 47.4 Å². The second-order valence-electron chi connectivity index (χ2n) is 11.4. The molecular weight excluding hydrogens is 519 g/mol. The van der Waals surface area contributed by atoms with Crippen LogP contribution in [-0.2, 0) is 26.0 Å². The molecule has 0 spiro atoms. The third-order valence-electron chi connectivity index (χ3n) is 7.99. The van der Waals surface area contributed by atoms with Crippen LogP contribution in [-0.4, -0.2) is 58.1 Å². The summed E-state index contributed by atoms with van der Waals surface area (Å²) < 4.78 is 49.6. The lowest BCUT2D eigenvalue weighted by Crippen LogP contribution is -2.58. The van der Waals surface area contributed by atoms with Crippen LogP contribution in [0.3, 0.4) is 0 Å². The Bertz CT molecular complexity index is 1320. The van der Waals surface area contributed by atoms with Gasteiger partial charge in [0.1, 0.15) is 17.5 Å². The second kappa shape index (κ2) is 11.6. The Morgan fingerprint density at radius 2 is 1.85 bits per heavy atom. The summed E-state index contributed by atoms with van der Waals surface area (Å²) in [5, 5.41) is 13.0. The van der Waals surface area contributed by atoms with E-state index in [1.807, 2.05) is 55.4 Å². The number of ether oxygens (including phenoxy) is 1. The molecule has 3 aliphatic rings. The van der Waals surface area contributed by atoms with E-state index in [1.54, 1.807) is 0 Å². The molecule has 210 valence electrons. The standard InChI is InChI=1S/C29H37FN4O4S/c1-28-12-14-29(15-13-28,38-20-28)27(35)33-39(36,37)24-17-22(19-31)26(25(30)18-24)32-23(11-16-34(2)3)10-9-21-7-5-4-6-8-21/h4-8,17-18,23,32H,9-16,20H2,1-3H3,(H,33,35)/t23-,28?,29?/m0/s1. The first-order valence-electron chi connectivity index (χ1n) is 13.4. The molecule has 2 aromatic rings. The van der Waals surface area contributed by atoms with Crippen LogP contribution in [0.25, 0.3) is 0 Å². The first kappa shape index (κ1) is 29.0. The molecule has 39 heavy (non-hydrogen) atoms. The highest BCUT2D eigenvalue weighted by atomic mass is 32.2. The van der Waals surface area contributed by atoms with Crippen molar-refractivity contribution in [3.63, 3.8) is 0 Å². The van der Waals surface area contributed by atoms with Gasteiger partial charge in [-0.2, -0.15) is 5.26 Å². The van der Waals surface area contributed by atoms with Gasteiger partial charge in [0, 0.05) is 6.04 Å². The first-order valence-corrected chi connectivity index (χ1v) is 14.8. The Labute approximate surface area is 230 Å². The number of hydrogen-bond donors (Lipinski definition) is 2. The van der Waals surface area contributed by atoms with E-state index in [0.29, 0.717) is 32.3 Å². The summed E-state index contributed by atoms with van der Waals surface area (Å²) in [5.41, 5.74) is -0.212. The van der Waals surface area contributed by atoms with E-state index in [2.05, 4.69) is 17.0 Å². The fourth-order valence-electron chi connectivity index (χ4n) is 5.29. The molecule has 0 unspecified atom stereocenters. The Balaban J connectivity index is 1.52. The minimum Gasteiger partial charge on any atom is -0.379 e. The van der Waals surface area contributed by atoms with E-state index >= 15 is 4.39 Å². The summed E-state index contributed by atoms with van der Waals surface area (Å²) in [5.74, 6) is -1.60. The maximum absolute atomic E-state index is 15.4. The van der Waals surface area contributed by atoms with Gasteiger partial charge >= 0.3 is 0 Å². The topological polar surface area (TPSA) is 112 Å². The van der Waals surface area contributed by atoms with Crippen molar-refractivity contribution in [3.05, 3.63) is 59.4 Å². The number of fused-ring (bicyclic) bond motifs is 3. The van der Waals surface area contributed by atoms with E-state index in [0.717, 1.165) is 43.5 Å². The number of benzene rings is 2. The number of halogens is 1. The number of carbonyl (C=O) groups is 1. The fraction of sp³-hybridized carbons (Fsp3) is 0.517. The van der Waals surface area contributed by atoms with Crippen molar-refractivity contribution in [2.24, 2.45) is 5.41 Å². The molecule has 10 heteroatoms. The zero-order valence-corrected chi connectivity index (χ0v) is 23.6. The zero-order chi connectivity index (χ0) is 28.3. The molecule has 3 fully saturated rings. The molecule has 1 aliphatic carbocycles. The molecule has 0 radical (unpaired) electrons. The van der Waals surface area contributed by atoms with Crippen LogP contribution in [0, 0.1) is 22.6 Å². The van der Waals surface area contributed by atoms with E-state index < -0.39 is 32.2 Å². The van der Waals surface area contributed by atoms with Crippen molar-refractivity contribution in [3.8, 4) is 6.07 Å². The largest absolute Gasteiger partial charge is 0.379 e. The van der Waals surface area contributed by atoms with Crippen molar-refractivity contribution in [1.29, 1.82) is 5.26 Å². The highest BCUT2D eigenvalue weighted by Crippen LogP contribution is 2.48. The van der Waals surface area contributed by atoms with Crippen LogP contribution in [0.1, 0.15) is 56.6 Å². The molecule has 1 amide bonds. The average molecular weight is 557 g/mol. The predicted octanol–water partition coefficient (Wildman–Crippen LogP) is 4.22. The van der Waals surface area contributed by atoms with Crippen molar-refractivity contribution in [1.82, 2.24) is 9.62 Å². The van der Waals surface area contributed by atoms with Crippen molar-refractivity contribution in [2.75, 3.05) is 32.6 Å². The smallest absolute Gasteiger partial charge is 0.265 e. The van der Waals surface area contributed by atoms with Gasteiger partial charge in [-0.3, -0.25) is 4.79 Å². The fourth-order valence-corrected chi connectivity index (χ4v) is 6.37. The van der Waals surface area contributed by atoms with E-state index in [1.165, 1.54) is 0 Å². The SMILES string of the molecule is CN(C)CC[C@H](CCc1ccccc1)Nc1c(F)cc(S(=O)(=O)NC(=O)C23CCC(C)(CC2)CO3)cc1C#N. The van der Waals surface area contributed by atoms with Gasteiger partial charge in [-0.15, -0.1) is 0 Å². The zero-order valence-electron chi connectivity index (χ0n) is 22.8. The maximum Gasteiger partial charge on any atom is 0.265 e. The number of amides is 1. The molecule has 2 bridgehead atoms. The summed E-state index contributed by atoms with van der Waals surface area (Å²) in [6, 6.07) is 13.7. The average Bonchev–Trinajstić information content (AvgIpc) is 2.91. The number of hydrogen-bond acceptors (Lipinski definition) is 7. The summed E-state index contributed by atoms with van der Waals surface area (Å²) in [6.07, 6.45) is 4.56. The Morgan fingerprint density at radius 3 is 2.44 bits per heavy atom. The maximum atomic E-state index is 15.4. The van der Waals surface area contributed by atoms with E-state index in [9.17, 15) is 18.5 Å². The molecule has 2 heterocycles. The number of nitrogens with one attached hydrogen (secondary N) is 2. The molecule has 1 atom stereocenters. The highest BCUT2D eigenvalue weighted by Gasteiger charge is 2.52. The van der Waals surface area contributed by atoms with Gasteiger partial charge in [-0.1, -0.05) is 37.3 Å². The number of sulfonamides is 1. The number of anilines is 1. The molecule has 2 saturated heterocycles. The van der Waals surface area contributed by atoms with E-state index in [-0.39, 0.29) is 22.7 Å². The van der Waals surface area contributed by atoms with Gasteiger partial charge < -0.3 is 15.0 Å². The molecule has 2 N–H and O–H groups in total. The lowest BCUT2D eigenvalue weighted by atomic mass is 9.67. The van der Waals surface area contributed by atoms with Crippen molar-refractivity contribution < 1.29 is 22.3 Å². The summed E-state index contributed by atoms with van der Waals surface area (Å²) in [4.78, 5) is 14.6. The van der Waals surface area contributed by atoms with Crippen molar-refractivity contribution in [2.45, 2.75) is 68.4 Å². The summed E-state index contributed by atoms with van der Waals surface area (Å²) in [6.45, 7) is 3.24. The minimum atomic E-state index is -4.43. The van der Waals surface area contributed by atoms with Crippen LogP contribution < -0.4 is 10.0 Å². The number of rotatable bonds is 11. The lowest BCUT2D eigenvalue weighted by molar-refractivity contribution is -0.188. The molecule has 2 aliphatic heterocycles.